The predicted octanol–water partition coefficient (Wildman–Crippen LogP) is 4.08. The van der Waals surface area contributed by atoms with E-state index in [2.05, 4.69) is 10.2 Å². The highest BCUT2D eigenvalue weighted by atomic mass is 35.5. The van der Waals surface area contributed by atoms with Crippen LogP contribution in [0, 0.1) is 0 Å². The normalized spacial score (nSPS) is 21.7. The highest BCUT2D eigenvalue weighted by Gasteiger charge is 2.37. The minimum Gasteiger partial charge on any atom is -0.349 e. The molecule has 0 unspecified atom stereocenters. The first kappa shape index (κ1) is 17.0. The van der Waals surface area contributed by atoms with Crippen LogP contribution in [0.25, 0.3) is 0 Å². The molecule has 1 aliphatic carbocycles. The fourth-order valence-electron chi connectivity index (χ4n) is 3.24. The molecule has 0 atom stereocenters. The number of halogens is 3. The summed E-state index contributed by atoms with van der Waals surface area (Å²) in [7, 11) is 0. The Bertz CT molecular complexity index is 564. The van der Waals surface area contributed by atoms with Crippen molar-refractivity contribution in [1.82, 2.24) is 10.2 Å². The summed E-state index contributed by atoms with van der Waals surface area (Å²) in [5, 5.41) is 3.48. The van der Waals surface area contributed by atoms with E-state index in [0.29, 0.717) is 34.5 Å². The van der Waals surface area contributed by atoms with Crippen molar-refractivity contribution in [2.24, 2.45) is 0 Å². The number of amides is 1. The molecule has 1 heterocycles. The van der Waals surface area contributed by atoms with Crippen molar-refractivity contribution in [3.8, 4) is 0 Å². The van der Waals surface area contributed by atoms with E-state index in [1.807, 2.05) is 0 Å². The lowest BCUT2D eigenvalue weighted by Gasteiger charge is -2.43. The monoisotopic (exact) mass is 358 g/mol. The SMILES string of the molecule is O=C(NCC1(F)CCN(C2CCC2)CC1)c1cc(Cl)cc(Cl)c1. The fraction of sp³-hybridized carbons (Fsp3) is 0.588. The number of benzene rings is 1. The maximum Gasteiger partial charge on any atom is 0.251 e. The number of piperidine rings is 1. The Hall–Kier alpha value is -0.840. The number of nitrogens with one attached hydrogen (secondary N) is 1. The summed E-state index contributed by atoms with van der Waals surface area (Å²) in [6, 6.07) is 5.29. The third kappa shape index (κ3) is 4.17. The van der Waals surface area contributed by atoms with Crippen LogP contribution in [-0.2, 0) is 0 Å². The molecular formula is C17H21Cl2FN2O. The van der Waals surface area contributed by atoms with Crippen molar-refractivity contribution < 1.29 is 9.18 Å². The molecule has 1 aromatic rings. The van der Waals surface area contributed by atoms with E-state index in [1.54, 1.807) is 6.07 Å². The molecule has 2 fully saturated rings. The van der Waals surface area contributed by atoms with Crippen molar-refractivity contribution in [3.63, 3.8) is 0 Å². The molecule has 1 saturated heterocycles. The highest BCUT2D eigenvalue weighted by molar-refractivity contribution is 6.35. The molecule has 0 aromatic heterocycles. The van der Waals surface area contributed by atoms with Crippen molar-refractivity contribution in [2.75, 3.05) is 19.6 Å². The van der Waals surface area contributed by atoms with Gasteiger partial charge in [0.05, 0.1) is 6.54 Å². The Labute approximate surface area is 146 Å². The molecular weight excluding hydrogens is 338 g/mol. The largest absolute Gasteiger partial charge is 0.349 e. The molecule has 0 radical (unpaired) electrons. The number of hydrogen-bond acceptors (Lipinski definition) is 2. The summed E-state index contributed by atoms with van der Waals surface area (Å²) < 4.78 is 14.9. The second kappa shape index (κ2) is 6.96. The van der Waals surface area contributed by atoms with E-state index < -0.39 is 5.67 Å². The summed E-state index contributed by atoms with van der Waals surface area (Å²) in [6.45, 7) is 1.59. The molecule has 1 aliphatic heterocycles. The van der Waals surface area contributed by atoms with E-state index in [4.69, 9.17) is 23.2 Å². The van der Waals surface area contributed by atoms with Crippen molar-refractivity contribution in [3.05, 3.63) is 33.8 Å². The average molecular weight is 359 g/mol. The Morgan fingerprint density at radius 1 is 1.22 bits per heavy atom. The minimum atomic E-state index is -1.32. The van der Waals surface area contributed by atoms with Crippen molar-refractivity contribution >= 4 is 29.1 Å². The van der Waals surface area contributed by atoms with Crippen LogP contribution >= 0.6 is 23.2 Å². The van der Waals surface area contributed by atoms with Gasteiger partial charge < -0.3 is 10.2 Å². The van der Waals surface area contributed by atoms with Crippen LogP contribution in [0.4, 0.5) is 4.39 Å². The summed E-state index contributed by atoms with van der Waals surface area (Å²) in [6.07, 6.45) is 4.72. The summed E-state index contributed by atoms with van der Waals surface area (Å²) in [5.41, 5.74) is -0.962. The molecule has 3 rings (SSSR count). The van der Waals surface area contributed by atoms with Gasteiger partial charge in [0, 0.05) is 34.7 Å². The van der Waals surface area contributed by atoms with Crippen LogP contribution in [0.15, 0.2) is 18.2 Å². The van der Waals surface area contributed by atoms with Gasteiger partial charge in [-0.1, -0.05) is 29.6 Å². The van der Waals surface area contributed by atoms with Crippen molar-refractivity contribution in [1.29, 1.82) is 0 Å². The van der Waals surface area contributed by atoms with Gasteiger partial charge in [0.1, 0.15) is 5.67 Å². The van der Waals surface area contributed by atoms with Gasteiger partial charge in [-0.3, -0.25) is 4.79 Å². The van der Waals surface area contributed by atoms with Crippen LogP contribution in [0.1, 0.15) is 42.5 Å². The molecule has 2 aliphatic rings. The fourth-order valence-corrected chi connectivity index (χ4v) is 3.77. The number of alkyl halides is 1. The van der Waals surface area contributed by atoms with Crippen LogP contribution < -0.4 is 5.32 Å². The number of carbonyl (C=O) groups excluding carboxylic acids is 1. The average Bonchev–Trinajstić information content (AvgIpc) is 2.45. The first-order chi connectivity index (χ1) is 11.0. The molecule has 0 spiro atoms. The lowest BCUT2D eigenvalue weighted by atomic mass is 9.86. The van der Waals surface area contributed by atoms with Crippen LogP contribution in [0.5, 0.6) is 0 Å². The number of nitrogens with zero attached hydrogens (tertiary/aromatic N) is 1. The quantitative estimate of drug-likeness (QED) is 0.879. The summed E-state index contributed by atoms with van der Waals surface area (Å²) >= 11 is 11.8. The van der Waals surface area contributed by atoms with Gasteiger partial charge in [0.15, 0.2) is 0 Å². The molecule has 126 valence electrons. The first-order valence-electron chi connectivity index (χ1n) is 8.12. The van der Waals surface area contributed by atoms with Gasteiger partial charge in [-0.2, -0.15) is 0 Å². The van der Waals surface area contributed by atoms with E-state index in [1.165, 1.54) is 31.4 Å². The topological polar surface area (TPSA) is 32.3 Å². The zero-order chi connectivity index (χ0) is 16.4. The maximum atomic E-state index is 14.9. The molecule has 1 saturated carbocycles. The molecule has 1 amide bonds. The van der Waals surface area contributed by atoms with Gasteiger partial charge in [-0.15, -0.1) is 0 Å². The molecule has 6 heteroatoms. The Balaban J connectivity index is 1.52. The zero-order valence-electron chi connectivity index (χ0n) is 13.0. The second-order valence-corrected chi connectivity index (χ2v) is 7.49. The van der Waals surface area contributed by atoms with E-state index in [-0.39, 0.29) is 12.5 Å². The summed E-state index contributed by atoms with van der Waals surface area (Å²) in [4.78, 5) is 14.5. The molecule has 1 N–H and O–H groups in total. The van der Waals surface area contributed by atoms with Gasteiger partial charge >= 0.3 is 0 Å². The Morgan fingerprint density at radius 2 is 1.83 bits per heavy atom. The number of carbonyl (C=O) groups is 1. The van der Waals surface area contributed by atoms with Gasteiger partial charge in [-0.25, -0.2) is 4.39 Å². The second-order valence-electron chi connectivity index (χ2n) is 6.61. The van der Waals surface area contributed by atoms with Crippen LogP contribution in [0.2, 0.25) is 10.0 Å². The molecule has 23 heavy (non-hydrogen) atoms. The Morgan fingerprint density at radius 3 is 2.35 bits per heavy atom. The number of rotatable bonds is 4. The predicted molar refractivity (Wildman–Crippen MR) is 91.1 cm³/mol. The van der Waals surface area contributed by atoms with Crippen LogP contribution in [-0.4, -0.2) is 42.2 Å². The first-order valence-corrected chi connectivity index (χ1v) is 8.88. The molecule has 1 aromatic carbocycles. The molecule has 0 bridgehead atoms. The van der Waals surface area contributed by atoms with Gasteiger partial charge in [-0.05, 0) is 43.9 Å². The summed E-state index contributed by atoms with van der Waals surface area (Å²) in [5.74, 6) is -0.340. The maximum absolute atomic E-state index is 14.9. The molecule has 3 nitrogen and oxygen atoms in total. The van der Waals surface area contributed by atoms with Crippen LogP contribution in [0.3, 0.4) is 0 Å². The van der Waals surface area contributed by atoms with Gasteiger partial charge in [0.25, 0.3) is 5.91 Å². The lowest BCUT2D eigenvalue weighted by Crippen LogP contribution is -2.52. The Kier molecular flexibility index (Phi) is 5.14. The highest BCUT2D eigenvalue weighted by Crippen LogP contribution is 2.32. The van der Waals surface area contributed by atoms with Gasteiger partial charge in [0.2, 0.25) is 0 Å². The standard InChI is InChI=1S/C17H21Cl2FN2O/c18-13-8-12(9-14(19)10-13)16(23)21-11-17(20)4-6-22(7-5-17)15-2-1-3-15/h8-10,15H,1-7,11H2,(H,21,23). The number of likely N-dealkylation sites (tertiary alicyclic amines) is 1. The zero-order valence-corrected chi connectivity index (χ0v) is 14.5. The smallest absolute Gasteiger partial charge is 0.251 e. The van der Waals surface area contributed by atoms with E-state index in [9.17, 15) is 9.18 Å². The van der Waals surface area contributed by atoms with E-state index >= 15 is 0 Å². The third-order valence-corrected chi connectivity index (χ3v) is 5.41. The number of hydrogen-bond donors (Lipinski definition) is 1. The minimum absolute atomic E-state index is 0.0362. The lowest BCUT2D eigenvalue weighted by molar-refractivity contribution is 0.0190. The third-order valence-electron chi connectivity index (χ3n) is 4.98. The van der Waals surface area contributed by atoms with E-state index in [0.717, 1.165) is 13.1 Å². The van der Waals surface area contributed by atoms with Crippen molar-refractivity contribution in [2.45, 2.75) is 43.8 Å².